The van der Waals surface area contributed by atoms with E-state index in [-0.39, 0.29) is 12.4 Å². The molecule has 0 spiro atoms. The fourth-order valence-electron chi connectivity index (χ4n) is 2.40. The van der Waals surface area contributed by atoms with Gasteiger partial charge in [0.1, 0.15) is 0 Å². The van der Waals surface area contributed by atoms with Crippen LogP contribution >= 0.6 is 11.3 Å². The van der Waals surface area contributed by atoms with Crippen molar-refractivity contribution in [1.82, 2.24) is 14.6 Å². The Morgan fingerprint density at radius 1 is 1.30 bits per heavy atom. The first-order valence-corrected chi connectivity index (χ1v) is 8.00. The average molecular weight is 330 g/mol. The summed E-state index contributed by atoms with van der Waals surface area (Å²) in [6, 6.07) is 7.39. The maximum Gasteiger partial charge on any atom is 0.275 e. The monoisotopic (exact) mass is 330 g/mol. The number of anilines is 1. The third kappa shape index (κ3) is 2.72. The first kappa shape index (κ1) is 14.0. The van der Waals surface area contributed by atoms with E-state index in [1.165, 1.54) is 21.9 Å². The van der Waals surface area contributed by atoms with Crippen molar-refractivity contribution in [3.05, 3.63) is 45.9 Å². The maximum absolute atomic E-state index is 11.8. The number of aryl methyl sites for hydroxylation is 1. The van der Waals surface area contributed by atoms with Gasteiger partial charge in [0, 0.05) is 18.3 Å². The summed E-state index contributed by atoms with van der Waals surface area (Å²) >= 11 is 1.37. The highest BCUT2D eigenvalue weighted by molar-refractivity contribution is 7.20. The van der Waals surface area contributed by atoms with E-state index in [4.69, 9.17) is 9.47 Å². The van der Waals surface area contributed by atoms with E-state index in [0.29, 0.717) is 22.3 Å². The van der Waals surface area contributed by atoms with Crippen LogP contribution in [-0.2, 0) is 6.42 Å². The smallest absolute Gasteiger partial charge is 0.275 e. The SMILES string of the molecule is Cc1cc(=O)n2nc(NCCc3ccc4c(c3)OCO4)sc2n1. The van der Waals surface area contributed by atoms with Crippen LogP contribution in [0.25, 0.3) is 4.96 Å². The van der Waals surface area contributed by atoms with E-state index < -0.39 is 0 Å². The van der Waals surface area contributed by atoms with E-state index in [1.54, 1.807) is 6.92 Å². The molecule has 0 unspecified atom stereocenters. The van der Waals surface area contributed by atoms with Crippen LogP contribution < -0.4 is 20.3 Å². The molecule has 4 rings (SSSR count). The quantitative estimate of drug-likeness (QED) is 0.786. The van der Waals surface area contributed by atoms with Crippen LogP contribution in [0.5, 0.6) is 11.5 Å². The summed E-state index contributed by atoms with van der Waals surface area (Å²) in [7, 11) is 0. The molecule has 0 fully saturated rings. The van der Waals surface area contributed by atoms with Gasteiger partial charge in [-0.2, -0.15) is 4.52 Å². The topological polar surface area (TPSA) is 77.8 Å². The molecule has 1 aromatic carbocycles. The van der Waals surface area contributed by atoms with Gasteiger partial charge in [-0.15, -0.1) is 5.10 Å². The number of hydrogen-bond donors (Lipinski definition) is 1. The van der Waals surface area contributed by atoms with E-state index in [9.17, 15) is 4.79 Å². The molecule has 0 aliphatic carbocycles. The van der Waals surface area contributed by atoms with Crippen molar-refractivity contribution in [1.29, 1.82) is 0 Å². The standard InChI is InChI=1S/C15H14N4O3S/c1-9-6-13(20)19-15(17-9)23-14(18-19)16-5-4-10-2-3-11-12(7-10)22-8-21-11/h2-3,6-7H,4-5,8H2,1H3,(H,16,18). The first-order valence-electron chi connectivity index (χ1n) is 7.19. The lowest BCUT2D eigenvalue weighted by Crippen LogP contribution is -2.14. The number of nitrogens with zero attached hydrogens (tertiary/aromatic N) is 3. The fourth-order valence-corrected chi connectivity index (χ4v) is 3.28. The third-order valence-electron chi connectivity index (χ3n) is 3.50. The van der Waals surface area contributed by atoms with Gasteiger partial charge in [0.15, 0.2) is 11.5 Å². The molecule has 118 valence electrons. The molecule has 1 aliphatic heterocycles. The van der Waals surface area contributed by atoms with E-state index in [0.717, 1.165) is 23.5 Å². The zero-order valence-corrected chi connectivity index (χ0v) is 13.2. The molecule has 3 aromatic rings. The van der Waals surface area contributed by atoms with Crippen molar-refractivity contribution in [2.24, 2.45) is 0 Å². The largest absolute Gasteiger partial charge is 0.454 e. The molecule has 0 bridgehead atoms. The second-order valence-electron chi connectivity index (χ2n) is 5.20. The van der Waals surface area contributed by atoms with Crippen molar-refractivity contribution in [3.8, 4) is 11.5 Å². The molecule has 1 N–H and O–H groups in total. The van der Waals surface area contributed by atoms with Crippen molar-refractivity contribution >= 4 is 21.4 Å². The summed E-state index contributed by atoms with van der Waals surface area (Å²) in [5, 5.41) is 8.16. The minimum absolute atomic E-state index is 0.160. The summed E-state index contributed by atoms with van der Waals surface area (Å²) in [6.45, 7) is 2.78. The zero-order valence-electron chi connectivity index (χ0n) is 12.4. The summed E-state index contributed by atoms with van der Waals surface area (Å²) in [4.78, 5) is 16.7. The van der Waals surface area contributed by atoms with Crippen molar-refractivity contribution in [2.45, 2.75) is 13.3 Å². The van der Waals surface area contributed by atoms with Crippen LogP contribution in [0.4, 0.5) is 5.13 Å². The summed E-state index contributed by atoms with van der Waals surface area (Å²) < 4.78 is 12.0. The number of ether oxygens (including phenoxy) is 2. The molecular formula is C15H14N4O3S. The van der Waals surface area contributed by atoms with Crippen molar-refractivity contribution in [3.63, 3.8) is 0 Å². The van der Waals surface area contributed by atoms with E-state index >= 15 is 0 Å². The number of benzene rings is 1. The third-order valence-corrected chi connectivity index (χ3v) is 4.37. The molecule has 23 heavy (non-hydrogen) atoms. The molecule has 0 saturated heterocycles. The minimum atomic E-state index is -0.160. The lowest BCUT2D eigenvalue weighted by molar-refractivity contribution is 0.174. The van der Waals surface area contributed by atoms with Gasteiger partial charge in [-0.3, -0.25) is 4.79 Å². The predicted molar refractivity (Wildman–Crippen MR) is 86.6 cm³/mol. The Morgan fingerprint density at radius 2 is 2.17 bits per heavy atom. The molecule has 0 atom stereocenters. The molecule has 7 nitrogen and oxygen atoms in total. The van der Waals surface area contributed by atoms with Crippen LogP contribution in [0.1, 0.15) is 11.3 Å². The highest BCUT2D eigenvalue weighted by Gasteiger charge is 2.13. The van der Waals surface area contributed by atoms with Gasteiger partial charge in [-0.25, -0.2) is 4.98 Å². The van der Waals surface area contributed by atoms with Crippen LogP contribution in [0, 0.1) is 6.92 Å². The molecule has 8 heteroatoms. The van der Waals surface area contributed by atoms with Crippen LogP contribution in [0.3, 0.4) is 0 Å². The van der Waals surface area contributed by atoms with Gasteiger partial charge in [-0.05, 0) is 31.0 Å². The van der Waals surface area contributed by atoms with Gasteiger partial charge < -0.3 is 14.8 Å². The van der Waals surface area contributed by atoms with Crippen LogP contribution in [0.2, 0.25) is 0 Å². The summed E-state index contributed by atoms with van der Waals surface area (Å²) in [5.74, 6) is 1.57. The average Bonchev–Trinajstić information content (AvgIpc) is 3.13. The first-order chi connectivity index (χ1) is 11.2. The van der Waals surface area contributed by atoms with E-state index in [1.807, 2.05) is 18.2 Å². The molecule has 2 aromatic heterocycles. The number of hydrogen-bond acceptors (Lipinski definition) is 7. The lowest BCUT2D eigenvalue weighted by atomic mass is 10.1. The number of rotatable bonds is 4. The summed E-state index contributed by atoms with van der Waals surface area (Å²) in [5.41, 5.74) is 1.69. The Hall–Kier alpha value is -2.61. The van der Waals surface area contributed by atoms with Gasteiger partial charge in [0.05, 0.1) is 0 Å². The Morgan fingerprint density at radius 3 is 3.09 bits per heavy atom. The predicted octanol–water partition coefficient (Wildman–Crippen LogP) is 1.84. The Balaban J connectivity index is 1.45. The number of fused-ring (bicyclic) bond motifs is 2. The maximum atomic E-state index is 11.8. The lowest BCUT2D eigenvalue weighted by Gasteiger charge is -2.03. The Kier molecular flexibility index (Phi) is 3.38. The fraction of sp³-hybridized carbons (Fsp3) is 0.267. The van der Waals surface area contributed by atoms with Crippen LogP contribution in [0.15, 0.2) is 29.1 Å². The molecule has 0 amide bonds. The minimum Gasteiger partial charge on any atom is -0.454 e. The Labute approximate surface area is 135 Å². The van der Waals surface area contributed by atoms with Gasteiger partial charge in [0.25, 0.3) is 5.56 Å². The van der Waals surface area contributed by atoms with Crippen molar-refractivity contribution in [2.75, 3.05) is 18.7 Å². The molecule has 0 radical (unpaired) electrons. The number of nitrogens with one attached hydrogen (secondary N) is 1. The van der Waals surface area contributed by atoms with Gasteiger partial charge >= 0.3 is 0 Å². The van der Waals surface area contributed by atoms with Crippen molar-refractivity contribution < 1.29 is 9.47 Å². The zero-order chi connectivity index (χ0) is 15.8. The Bertz CT molecular complexity index is 934. The molecule has 0 saturated carbocycles. The van der Waals surface area contributed by atoms with Crippen LogP contribution in [-0.4, -0.2) is 27.9 Å². The second kappa shape index (κ2) is 5.54. The molecule has 3 heterocycles. The summed E-state index contributed by atoms with van der Waals surface area (Å²) in [6.07, 6.45) is 0.813. The molecular weight excluding hydrogens is 316 g/mol. The highest BCUT2D eigenvalue weighted by Crippen LogP contribution is 2.32. The van der Waals surface area contributed by atoms with E-state index in [2.05, 4.69) is 15.4 Å². The second-order valence-corrected chi connectivity index (χ2v) is 6.16. The van der Waals surface area contributed by atoms with Gasteiger partial charge in [-0.1, -0.05) is 17.4 Å². The highest BCUT2D eigenvalue weighted by atomic mass is 32.1. The molecule has 1 aliphatic rings. The normalized spacial score (nSPS) is 12.7. The number of aromatic nitrogens is 3. The van der Waals surface area contributed by atoms with Gasteiger partial charge in [0.2, 0.25) is 16.9 Å².